The Bertz CT molecular complexity index is 360. The lowest BCUT2D eigenvalue weighted by molar-refractivity contribution is -0.110. The van der Waals surface area contributed by atoms with Crippen molar-refractivity contribution in [2.75, 3.05) is 26.9 Å². The van der Waals surface area contributed by atoms with E-state index in [0.717, 1.165) is 39.0 Å². The minimum atomic E-state index is -0.0932. The van der Waals surface area contributed by atoms with Crippen molar-refractivity contribution in [3.05, 3.63) is 35.9 Å². The lowest BCUT2D eigenvalue weighted by Gasteiger charge is -2.42. The van der Waals surface area contributed by atoms with Crippen molar-refractivity contribution in [3.8, 4) is 0 Å². The largest absolute Gasteiger partial charge is 0.381 e. The van der Waals surface area contributed by atoms with Crippen molar-refractivity contribution >= 4 is 0 Å². The van der Waals surface area contributed by atoms with E-state index in [4.69, 9.17) is 9.47 Å². The summed E-state index contributed by atoms with van der Waals surface area (Å²) in [5.74, 6) is 0. The Hall–Kier alpha value is -0.900. The molecular formula is C16H25NO2. The molecule has 3 nitrogen and oxygen atoms in total. The number of hydrogen-bond donors (Lipinski definition) is 1. The van der Waals surface area contributed by atoms with Gasteiger partial charge in [0.2, 0.25) is 0 Å². The van der Waals surface area contributed by atoms with Crippen molar-refractivity contribution in [2.45, 2.75) is 37.8 Å². The maximum Gasteiger partial charge on any atom is 0.0877 e. The van der Waals surface area contributed by atoms with Gasteiger partial charge in [-0.3, -0.25) is 0 Å². The van der Waals surface area contributed by atoms with E-state index in [1.165, 1.54) is 5.56 Å². The number of hydrogen-bond acceptors (Lipinski definition) is 3. The molecule has 0 saturated carbocycles. The smallest absolute Gasteiger partial charge is 0.0877 e. The third kappa shape index (κ3) is 3.56. The van der Waals surface area contributed by atoms with Gasteiger partial charge in [0.1, 0.15) is 0 Å². The monoisotopic (exact) mass is 263 g/mol. The number of likely N-dealkylation sites (N-methyl/N-ethyl adjacent to an activating group) is 1. The van der Waals surface area contributed by atoms with Gasteiger partial charge in [0.15, 0.2) is 0 Å². The molecule has 1 fully saturated rings. The predicted molar refractivity (Wildman–Crippen MR) is 77.4 cm³/mol. The quantitative estimate of drug-likeness (QED) is 0.855. The first-order chi connectivity index (χ1) is 9.30. The van der Waals surface area contributed by atoms with Crippen LogP contribution in [0.15, 0.2) is 30.3 Å². The Balaban J connectivity index is 2.13. The zero-order valence-corrected chi connectivity index (χ0v) is 12.0. The first kappa shape index (κ1) is 14.5. The van der Waals surface area contributed by atoms with Gasteiger partial charge >= 0.3 is 0 Å². The Morgan fingerprint density at radius 3 is 2.53 bits per heavy atom. The first-order valence-electron chi connectivity index (χ1n) is 7.21. The van der Waals surface area contributed by atoms with Crippen LogP contribution in [0, 0.1) is 0 Å². The summed E-state index contributed by atoms with van der Waals surface area (Å²) in [5.41, 5.74) is 1.26. The van der Waals surface area contributed by atoms with E-state index < -0.39 is 0 Å². The molecule has 1 N–H and O–H groups in total. The SMILES string of the molecule is CCNC(Cc1ccccc1)C1(OC)CCOCC1. The van der Waals surface area contributed by atoms with E-state index in [2.05, 4.69) is 42.6 Å². The van der Waals surface area contributed by atoms with E-state index in [0.29, 0.717) is 6.04 Å². The van der Waals surface area contributed by atoms with Crippen molar-refractivity contribution in [3.63, 3.8) is 0 Å². The summed E-state index contributed by atoms with van der Waals surface area (Å²) in [6, 6.07) is 11.0. The minimum absolute atomic E-state index is 0.0932. The molecule has 1 saturated heterocycles. The van der Waals surface area contributed by atoms with E-state index in [1.807, 2.05) is 7.11 Å². The van der Waals surface area contributed by atoms with Gasteiger partial charge < -0.3 is 14.8 Å². The van der Waals surface area contributed by atoms with Gasteiger partial charge in [-0.25, -0.2) is 0 Å². The second-order valence-electron chi connectivity index (χ2n) is 5.18. The van der Waals surface area contributed by atoms with Gasteiger partial charge in [-0.15, -0.1) is 0 Å². The van der Waals surface area contributed by atoms with E-state index in [1.54, 1.807) is 0 Å². The highest BCUT2D eigenvalue weighted by Crippen LogP contribution is 2.30. The molecule has 1 aromatic carbocycles. The van der Waals surface area contributed by atoms with E-state index in [9.17, 15) is 0 Å². The molecule has 106 valence electrons. The van der Waals surface area contributed by atoms with Crippen LogP contribution in [0.25, 0.3) is 0 Å². The molecule has 1 atom stereocenters. The lowest BCUT2D eigenvalue weighted by Crippen LogP contribution is -2.56. The number of ether oxygens (including phenoxy) is 2. The normalized spacial score (nSPS) is 20.1. The van der Waals surface area contributed by atoms with Crippen LogP contribution in [0.2, 0.25) is 0 Å². The number of methoxy groups -OCH3 is 1. The molecule has 0 aliphatic carbocycles. The van der Waals surface area contributed by atoms with Crippen LogP contribution >= 0.6 is 0 Å². The van der Waals surface area contributed by atoms with Gasteiger partial charge in [0.25, 0.3) is 0 Å². The van der Waals surface area contributed by atoms with Gasteiger partial charge in [0, 0.05) is 39.2 Å². The average molecular weight is 263 g/mol. The second-order valence-corrected chi connectivity index (χ2v) is 5.18. The molecule has 1 heterocycles. The van der Waals surface area contributed by atoms with Crippen LogP contribution in [0.4, 0.5) is 0 Å². The summed E-state index contributed by atoms with van der Waals surface area (Å²) in [6.45, 7) is 4.71. The van der Waals surface area contributed by atoms with E-state index in [-0.39, 0.29) is 5.60 Å². The average Bonchev–Trinajstić information content (AvgIpc) is 2.48. The Morgan fingerprint density at radius 2 is 1.95 bits per heavy atom. The van der Waals surface area contributed by atoms with Gasteiger partial charge in [-0.1, -0.05) is 37.3 Å². The molecule has 1 aromatic rings. The van der Waals surface area contributed by atoms with Crippen molar-refractivity contribution < 1.29 is 9.47 Å². The summed E-state index contributed by atoms with van der Waals surface area (Å²) in [7, 11) is 1.83. The van der Waals surface area contributed by atoms with Crippen LogP contribution < -0.4 is 5.32 Å². The Labute approximate surface area is 116 Å². The first-order valence-corrected chi connectivity index (χ1v) is 7.21. The topological polar surface area (TPSA) is 30.5 Å². The van der Waals surface area contributed by atoms with Gasteiger partial charge in [-0.05, 0) is 18.5 Å². The second kappa shape index (κ2) is 7.04. The molecule has 3 heteroatoms. The lowest BCUT2D eigenvalue weighted by atomic mass is 9.82. The van der Waals surface area contributed by atoms with E-state index >= 15 is 0 Å². The highest BCUT2D eigenvalue weighted by atomic mass is 16.5. The summed E-state index contributed by atoms with van der Waals surface area (Å²) < 4.78 is 11.4. The highest BCUT2D eigenvalue weighted by molar-refractivity contribution is 5.17. The van der Waals surface area contributed by atoms with Crippen molar-refractivity contribution in [1.82, 2.24) is 5.32 Å². The van der Waals surface area contributed by atoms with Crippen LogP contribution in [-0.2, 0) is 15.9 Å². The molecule has 0 amide bonds. The molecule has 2 rings (SSSR count). The minimum Gasteiger partial charge on any atom is -0.381 e. The van der Waals surface area contributed by atoms with Crippen LogP contribution in [0.3, 0.4) is 0 Å². The summed E-state index contributed by atoms with van der Waals surface area (Å²) >= 11 is 0. The molecule has 0 bridgehead atoms. The third-order valence-corrected chi connectivity index (χ3v) is 4.11. The Morgan fingerprint density at radius 1 is 1.26 bits per heavy atom. The molecule has 1 aliphatic rings. The zero-order valence-electron chi connectivity index (χ0n) is 12.0. The summed E-state index contributed by atoms with van der Waals surface area (Å²) in [5, 5.41) is 3.61. The maximum absolute atomic E-state index is 5.92. The van der Waals surface area contributed by atoms with Gasteiger partial charge in [0.05, 0.1) is 5.60 Å². The van der Waals surface area contributed by atoms with Gasteiger partial charge in [-0.2, -0.15) is 0 Å². The fraction of sp³-hybridized carbons (Fsp3) is 0.625. The molecule has 1 aliphatic heterocycles. The maximum atomic E-state index is 5.92. The fourth-order valence-corrected chi connectivity index (χ4v) is 2.95. The molecular weight excluding hydrogens is 238 g/mol. The standard InChI is InChI=1S/C16H25NO2/c1-3-17-15(13-14-7-5-4-6-8-14)16(18-2)9-11-19-12-10-16/h4-8,15,17H,3,9-13H2,1-2H3. The molecule has 1 unspecified atom stereocenters. The van der Waals surface area contributed by atoms with Crippen LogP contribution in [0.5, 0.6) is 0 Å². The van der Waals surface area contributed by atoms with Crippen LogP contribution in [0.1, 0.15) is 25.3 Å². The zero-order chi connectivity index (χ0) is 13.6. The fourth-order valence-electron chi connectivity index (χ4n) is 2.95. The number of benzene rings is 1. The van der Waals surface area contributed by atoms with Crippen molar-refractivity contribution in [1.29, 1.82) is 0 Å². The third-order valence-electron chi connectivity index (χ3n) is 4.11. The van der Waals surface area contributed by atoms with Crippen LogP contribution in [-0.4, -0.2) is 38.5 Å². The molecule has 19 heavy (non-hydrogen) atoms. The molecule has 0 radical (unpaired) electrons. The molecule has 0 spiro atoms. The predicted octanol–water partition coefficient (Wildman–Crippen LogP) is 2.40. The van der Waals surface area contributed by atoms with Crippen molar-refractivity contribution in [2.24, 2.45) is 0 Å². The number of nitrogens with one attached hydrogen (secondary N) is 1. The summed E-state index contributed by atoms with van der Waals surface area (Å²) in [6.07, 6.45) is 2.94. The summed E-state index contributed by atoms with van der Waals surface area (Å²) in [4.78, 5) is 0. The Kier molecular flexibility index (Phi) is 5.37. The molecule has 0 aromatic heterocycles. The number of rotatable bonds is 6. The highest BCUT2D eigenvalue weighted by Gasteiger charge is 2.40.